The molecule has 0 heterocycles. The molecular formula is C17H20N4O2. The van der Waals surface area contributed by atoms with Gasteiger partial charge in [0, 0.05) is 32.3 Å². The van der Waals surface area contributed by atoms with Crippen LogP contribution in [0.15, 0.2) is 59.6 Å². The summed E-state index contributed by atoms with van der Waals surface area (Å²) in [5, 5.41) is 17.1. The molecule has 0 amide bonds. The maximum absolute atomic E-state index is 10.6. The summed E-state index contributed by atoms with van der Waals surface area (Å²) >= 11 is 0. The third-order valence-corrected chi connectivity index (χ3v) is 3.38. The molecule has 120 valence electrons. The van der Waals surface area contributed by atoms with Gasteiger partial charge >= 0.3 is 0 Å². The molecule has 0 saturated heterocycles. The van der Waals surface area contributed by atoms with E-state index in [1.54, 1.807) is 19.2 Å². The van der Waals surface area contributed by atoms with Crippen LogP contribution in [0.4, 0.5) is 5.69 Å². The quantitative estimate of drug-likeness (QED) is 0.372. The Balaban J connectivity index is 1.77. The molecule has 2 N–H and O–H groups in total. The lowest BCUT2D eigenvalue weighted by atomic mass is 10.1. The Morgan fingerprint density at radius 3 is 2.35 bits per heavy atom. The zero-order chi connectivity index (χ0) is 16.5. The summed E-state index contributed by atoms with van der Waals surface area (Å²) in [6, 6.07) is 16.7. The average Bonchev–Trinajstić information content (AvgIpc) is 2.59. The SMILES string of the molecule is CN=C(NCCc1ccccc1)NCc1ccc([N+](=O)[O-])cc1. The molecule has 0 bridgehead atoms. The van der Waals surface area contributed by atoms with Crippen LogP contribution in [0.1, 0.15) is 11.1 Å². The molecule has 2 aromatic carbocycles. The number of non-ortho nitro benzene ring substituents is 1. The minimum absolute atomic E-state index is 0.0964. The number of benzene rings is 2. The van der Waals surface area contributed by atoms with E-state index < -0.39 is 4.92 Å². The minimum Gasteiger partial charge on any atom is -0.356 e. The molecule has 0 radical (unpaired) electrons. The van der Waals surface area contributed by atoms with Crippen LogP contribution in [0.5, 0.6) is 0 Å². The molecule has 0 aliphatic rings. The van der Waals surface area contributed by atoms with Crippen LogP contribution in [0, 0.1) is 10.1 Å². The summed E-state index contributed by atoms with van der Waals surface area (Å²) in [5.74, 6) is 0.708. The highest BCUT2D eigenvalue weighted by atomic mass is 16.6. The molecule has 0 spiro atoms. The fourth-order valence-corrected chi connectivity index (χ4v) is 2.11. The Labute approximate surface area is 135 Å². The molecule has 0 atom stereocenters. The first-order chi connectivity index (χ1) is 11.2. The van der Waals surface area contributed by atoms with Crippen molar-refractivity contribution >= 4 is 11.6 Å². The lowest BCUT2D eigenvalue weighted by molar-refractivity contribution is -0.384. The monoisotopic (exact) mass is 312 g/mol. The second-order valence-electron chi connectivity index (χ2n) is 5.01. The topological polar surface area (TPSA) is 79.6 Å². The van der Waals surface area contributed by atoms with Crippen molar-refractivity contribution in [2.75, 3.05) is 13.6 Å². The van der Waals surface area contributed by atoms with Crippen molar-refractivity contribution in [3.05, 3.63) is 75.8 Å². The van der Waals surface area contributed by atoms with Crippen molar-refractivity contribution in [2.45, 2.75) is 13.0 Å². The fraction of sp³-hybridized carbons (Fsp3) is 0.235. The van der Waals surface area contributed by atoms with E-state index in [1.165, 1.54) is 17.7 Å². The summed E-state index contributed by atoms with van der Waals surface area (Å²) < 4.78 is 0. The summed E-state index contributed by atoms with van der Waals surface area (Å²) in [7, 11) is 1.72. The van der Waals surface area contributed by atoms with Gasteiger partial charge in [0.25, 0.3) is 5.69 Å². The second kappa shape index (κ2) is 8.53. The van der Waals surface area contributed by atoms with Crippen molar-refractivity contribution in [1.29, 1.82) is 0 Å². The standard InChI is InChI=1S/C17H20N4O2/c1-18-17(19-12-11-14-5-3-2-4-6-14)20-13-15-7-9-16(10-8-15)21(22)23/h2-10H,11-13H2,1H3,(H2,18,19,20). The smallest absolute Gasteiger partial charge is 0.269 e. The Morgan fingerprint density at radius 2 is 1.74 bits per heavy atom. The fourth-order valence-electron chi connectivity index (χ4n) is 2.11. The van der Waals surface area contributed by atoms with Gasteiger partial charge in [0.05, 0.1) is 4.92 Å². The molecule has 0 saturated carbocycles. The largest absolute Gasteiger partial charge is 0.356 e. The number of nitro groups is 1. The van der Waals surface area contributed by atoms with Gasteiger partial charge in [-0.15, -0.1) is 0 Å². The van der Waals surface area contributed by atoms with Crippen molar-refractivity contribution in [1.82, 2.24) is 10.6 Å². The predicted octanol–water partition coefficient (Wildman–Crippen LogP) is 2.50. The Hall–Kier alpha value is -2.89. The molecule has 0 aliphatic carbocycles. The van der Waals surface area contributed by atoms with Gasteiger partial charge in [-0.05, 0) is 17.5 Å². The molecule has 2 rings (SSSR count). The number of nitro benzene ring substituents is 1. The molecule has 0 unspecified atom stereocenters. The molecule has 2 aromatic rings. The van der Waals surface area contributed by atoms with E-state index in [9.17, 15) is 10.1 Å². The second-order valence-corrected chi connectivity index (χ2v) is 5.01. The van der Waals surface area contributed by atoms with Crippen molar-refractivity contribution in [3.63, 3.8) is 0 Å². The summed E-state index contributed by atoms with van der Waals surface area (Å²) in [6.45, 7) is 1.34. The number of hydrogen-bond acceptors (Lipinski definition) is 3. The number of hydrogen-bond donors (Lipinski definition) is 2. The third kappa shape index (κ3) is 5.43. The first-order valence-corrected chi connectivity index (χ1v) is 7.41. The predicted molar refractivity (Wildman–Crippen MR) is 91.4 cm³/mol. The minimum atomic E-state index is -0.402. The van der Waals surface area contributed by atoms with E-state index in [0.29, 0.717) is 12.5 Å². The molecule has 6 heteroatoms. The van der Waals surface area contributed by atoms with Gasteiger partial charge in [0.15, 0.2) is 5.96 Å². The number of rotatable bonds is 6. The highest BCUT2D eigenvalue weighted by Crippen LogP contribution is 2.11. The van der Waals surface area contributed by atoms with E-state index in [4.69, 9.17) is 0 Å². The van der Waals surface area contributed by atoms with Gasteiger partial charge in [-0.1, -0.05) is 42.5 Å². The van der Waals surface area contributed by atoms with Crippen LogP contribution in [-0.4, -0.2) is 24.5 Å². The van der Waals surface area contributed by atoms with Gasteiger partial charge in [-0.2, -0.15) is 0 Å². The van der Waals surface area contributed by atoms with E-state index >= 15 is 0 Å². The van der Waals surface area contributed by atoms with E-state index in [2.05, 4.69) is 27.8 Å². The first kappa shape index (κ1) is 16.5. The average molecular weight is 312 g/mol. The molecule has 6 nitrogen and oxygen atoms in total. The van der Waals surface area contributed by atoms with E-state index in [1.807, 2.05) is 18.2 Å². The maximum Gasteiger partial charge on any atom is 0.269 e. The highest BCUT2D eigenvalue weighted by Gasteiger charge is 2.04. The van der Waals surface area contributed by atoms with Gasteiger partial charge in [-0.25, -0.2) is 0 Å². The van der Waals surface area contributed by atoms with Crippen LogP contribution in [0.2, 0.25) is 0 Å². The van der Waals surface area contributed by atoms with Gasteiger partial charge in [0.1, 0.15) is 0 Å². The van der Waals surface area contributed by atoms with Crippen LogP contribution in [0.3, 0.4) is 0 Å². The molecule has 0 fully saturated rings. The lowest BCUT2D eigenvalue weighted by Crippen LogP contribution is -2.37. The Bertz CT molecular complexity index is 654. The maximum atomic E-state index is 10.6. The van der Waals surface area contributed by atoms with Crippen LogP contribution >= 0.6 is 0 Å². The number of nitrogens with one attached hydrogen (secondary N) is 2. The zero-order valence-electron chi connectivity index (χ0n) is 13.0. The van der Waals surface area contributed by atoms with Gasteiger partial charge in [-0.3, -0.25) is 15.1 Å². The van der Waals surface area contributed by atoms with Gasteiger partial charge < -0.3 is 10.6 Å². The third-order valence-electron chi connectivity index (χ3n) is 3.38. The Kier molecular flexibility index (Phi) is 6.11. The van der Waals surface area contributed by atoms with Crippen molar-refractivity contribution in [3.8, 4) is 0 Å². The first-order valence-electron chi connectivity index (χ1n) is 7.41. The number of nitrogens with zero attached hydrogens (tertiary/aromatic N) is 2. The highest BCUT2D eigenvalue weighted by molar-refractivity contribution is 5.79. The number of guanidine groups is 1. The Morgan fingerprint density at radius 1 is 1.04 bits per heavy atom. The molecule has 23 heavy (non-hydrogen) atoms. The number of aliphatic imine (C=N–C) groups is 1. The normalized spacial score (nSPS) is 11.1. The van der Waals surface area contributed by atoms with Crippen molar-refractivity contribution < 1.29 is 4.92 Å². The molecule has 0 aliphatic heterocycles. The van der Waals surface area contributed by atoms with Gasteiger partial charge in [0.2, 0.25) is 0 Å². The molecule has 0 aromatic heterocycles. The van der Waals surface area contributed by atoms with Crippen molar-refractivity contribution in [2.24, 2.45) is 4.99 Å². The summed E-state index contributed by atoms with van der Waals surface area (Å²) in [4.78, 5) is 14.4. The molecular weight excluding hydrogens is 292 g/mol. The summed E-state index contributed by atoms with van der Waals surface area (Å²) in [6.07, 6.45) is 0.916. The van der Waals surface area contributed by atoms with Crippen LogP contribution < -0.4 is 10.6 Å². The summed E-state index contributed by atoms with van der Waals surface area (Å²) in [5.41, 5.74) is 2.33. The van der Waals surface area contributed by atoms with E-state index in [-0.39, 0.29) is 5.69 Å². The van der Waals surface area contributed by atoms with E-state index in [0.717, 1.165) is 18.5 Å². The van der Waals surface area contributed by atoms with Crippen LogP contribution in [-0.2, 0) is 13.0 Å². The van der Waals surface area contributed by atoms with Crippen LogP contribution in [0.25, 0.3) is 0 Å². The zero-order valence-corrected chi connectivity index (χ0v) is 13.0. The lowest BCUT2D eigenvalue weighted by Gasteiger charge is -2.12.